The van der Waals surface area contributed by atoms with Crippen molar-refractivity contribution in [2.45, 2.75) is 44.7 Å². The van der Waals surface area contributed by atoms with Crippen molar-refractivity contribution >= 4 is 5.91 Å². The number of nitrogens with one attached hydrogen (secondary N) is 1. The normalized spacial score (nSPS) is 26.1. The summed E-state index contributed by atoms with van der Waals surface area (Å²) in [7, 11) is 0. The van der Waals surface area contributed by atoms with Gasteiger partial charge < -0.3 is 15.0 Å². The van der Waals surface area contributed by atoms with E-state index < -0.39 is 0 Å². The van der Waals surface area contributed by atoms with Gasteiger partial charge in [0.05, 0.1) is 19.3 Å². The Bertz CT molecular complexity index is 347. The molecule has 0 radical (unpaired) electrons. The van der Waals surface area contributed by atoms with Gasteiger partial charge in [0.15, 0.2) is 0 Å². The number of piperidine rings is 1. The Morgan fingerprint density at radius 3 is 2.52 bits per heavy atom. The smallest absolute Gasteiger partial charge is 0.239 e. The molecule has 0 spiro atoms. The van der Waals surface area contributed by atoms with Crippen LogP contribution in [-0.4, -0.2) is 73.7 Å². The first-order valence-corrected chi connectivity index (χ1v) is 8.58. The second kappa shape index (κ2) is 7.07. The molecule has 5 heteroatoms. The summed E-state index contributed by atoms with van der Waals surface area (Å²) in [6.45, 7) is 8.38. The summed E-state index contributed by atoms with van der Waals surface area (Å²) >= 11 is 0. The highest BCUT2D eigenvalue weighted by Crippen LogP contribution is 2.31. The molecular formula is C16H29N3O2. The molecule has 1 saturated carbocycles. The van der Waals surface area contributed by atoms with Gasteiger partial charge in [0.2, 0.25) is 5.91 Å². The van der Waals surface area contributed by atoms with Crippen LogP contribution in [0, 0.1) is 5.92 Å². The van der Waals surface area contributed by atoms with Gasteiger partial charge in [-0.15, -0.1) is 0 Å². The molecule has 1 aliphatic carbocycles. The Morgan fingerprint density at radius 2 is 1.90 bits per heavy atom. The Balaban J connectivity index is 1.58. The molecule has 3 aliphatic rings. The number of morpholine rings is 1. The number of rotatable bonds is 5. The zero-order chi connectivity index (χ0) is 14.7. The summed E-state index contributed by atoms with van der Waals surface area (Å²) in [5.41, 5.74) is 0. The monoisotopic (exact) mass is 295 g/mol. The molecule has 0 aromatic rings. The molecule has 3 fully saturated rings. The van der Waals surface area contributed by atoms with Crippen molar-refractivity contribution < 1.29 is 9.53 Å². The van der Waals surface area contributed by atoms with Crippen LogP contribution < -0.4 is 5.32 Å². The minimum atomic E-state index is 0.0329. The number of amides is 1. The third-order valence-electron chi connectivity index (χ3n) is 5.12. The van der Waals surface area contributed by atoms with Crippen molar-refractivity contribution in [2.75, 3.05) is 45.9 Å². The van der Waals surface area contributed by atoms with Crippen LogP contribution in [0.5, 0.6) is 0 Å². The molecular weight excluding hydrogens is 266 g/mol. The second-order valence-electron chi connectivity index (χ2n) is 6.73. The van der Waals surface area contributed by atoms with E-state index in [2.05, 4.69) is 17.1 Å². The van der Waals surface area contributed by atoms with E-state index in [0.717, 1.165) is 38.6 Å². The number of nitrogens with zero attached hydrogens (tertiary/aromatic N) is 2. The molecule has 2 saturated heterocycles. The Kier molecular flexibility index (Phi) is 5.14. The van der Waals surface area contributed by atoms with Crippen LogP contribution in [-0.2, 0) is 9.53 Å². The van der Waals surface area contributed by atoms with Crippen LogP contribution in [0.2, 0.25) is 0 Å². The summed E-state index contributed by atoms with van der Waals surface area (Å²) in [5.74, 6) is 1.06. The highest BCUT2D eigenvalue weighted by Gasteiger charge is 2.37. The van der Waals surface area contributed by atoms with E-state index in [9.17, 15) is 4.79 Å². The maximum absolute atomic E-state index is 12.7. The second-order valence-corrected chi connectivity index (χ2v) is 6.73. The Labute approximate surface area is 128 Å². The zero-order valence-corrected chi connectivity index (χ0v) is 13.2. The average Bonchev–Trinajstić information content (AvgIpc) is 3.38. The summed E-state index contributed by atoms with van der Waals surface area (Å²) in [6, 6.07) is 0.686. The van der Waals surface area contributed by atoms with Crippen molar-refractivity contribution in [2.24, 2.45) is 5.92 Å². The SMILES string of the molecule is CC(C(=O)N1CCOCC1)N(CC1CCNCC1)C1CC1. The van der Waals surface area contributed by atoms with Gasteiger partial charge in [-0.2, -0.15) is 0 Å². The van der Waals surface area contributed by atoms with Crippen molar-refractivity contribution in [3.05, 3.63) is 0 Å². The Morgan fingerprint density at radius 1 is 1.24 bits per heavy atom. The minimum Gasteiger partial charge on any atom is -0.378 e. The van der Waals surface area contributed by atoms with Crippen LogP contribution in [0.25, 0.3) is 0 Å². The van der Waals surface area contributed by atoms with Gasteiger partial charge in [-0.25, -0.2) is 0 Å². The zero-order valence-electron chi connectivity index (χ0n) is 13.2. The summed E-state index contributed by atoms with van der Waals surface area (Å²) in [6.07, 6.45) is 5.04. The minimum absolute atomic E-state index is 0.0329. The fourth-order valence-corrected chi connectivity index (χ4v) is 3.58. The lowest BCUT2D eigenvalue weighted by Crippen LogP contribution is -2.52. The molecule has 3 rings (SSSR count). The van der Waals surface area contributed by atoms with E-state index in [1.54, 1.807) is 0 Å². The van der Waals surface area contributed by atoms with Crippen LogP contribution in [0.1, 0.15) is 32.6 Å². The molecule has 2 aliphatic heterocycles. The standard InChI is InChI=1S/C16H29N3O2/c1-13(16(20)18-8-10-21-11-9-18)19(15-2-3-15)12-14-4-6-17-7-5-14/h13-15,17H,2-12H2,1H3. The number of hydrogen-bond donors (Lipinski definition) is 1. The van der Waals surface area contributed by atoms with Gasteiger partial charge >= 0.3 is 0 Å². The molecule has 21 heavy (non-hydrogen) atoms. The summed E-state index contributed by atoms with van der Waals surface area (Å²) < 4.78 is 5.36. The van der Waals surface area contributed by atoms with E-state index in [4.69, 9.17) is 4.74 Å². The van der Waals surface area contributed by atoms with Crippen molar-refractivity contribution in [3.63, 3.8) is 0 Å². The van der Waals surface area contributed by atoms with E-state index in [0.29, 0.717) is 25.2 Å². The first-order valence-electron chi connectivity index (χ1n) is 8.58. The highest BCUT2D eigenvalue weighted by molar-refractivity contribution is 5.81. The number of ether oxygens (including phenoxy) is 1. The van der Waals surface area contributed by atoms with Crippen LogP contribution in [0.15, 0.2) is 0 Å². The predicted octanol–water partition coefficient (Wildman–Crippen LogP) is 0.698. The molecule has 2 heterocycles. The molecule has 1 amide bonds. The summed E-state index contributed by atoms with van der Waals surface area (Å²) in [5, 5.41) is 3.43. The largest absolute Gasteiger partial charge is 0.378 e. The third-order valence-corrected chi connectivity index (χ3v) is 5.12. The predicted molar refractivity (Wildman–Crippen MR) is 82.2 cm³/mol. The maximum Gasteiger partial charge on any atom is 0.239 e. The average molecular weight is 295 g/mol. The van der Waals surface area contributed by atoms with Gasteiger partial charge in [0, 0.05) is 25.7 Å². The van der Waals surface area contributed by atoms with Crippen LogP contribution in [0.4, 0.5) is 0 Å². The highest BCUT2D eigenvalue weighted by atomic mass is 16.5. The number of carbonyl (C=O) groups is 1. The maximum atomic E-state index is 12.7. The van der Waals surface area contributed by atoms with Gasteiger partial charge in [-0.1, -0.05) is 0 Å². The fraction of sp³-hybridized carbons (Fsp3) is 0.938. The fourth-order valence-electron chi connectivity index (χ4n) is 3.58. The van der Waals surface area contributed by atoms with Gasteiger partial charge in [-0.05, 0) is 51.6 Å². The number of carbonyl (C=O) groups excluding carboxylic acids is 1. The van der Waals surface area contributed by atoms with Crippen molar-refractivity contribution in [1.29, 1.82) is 0 Å². The van der Waals surface area contributed by atoms with Gasteiger partial charge in [0.1, 0.15) is 0 Å². The summed E-state index contributed by atoms with van der Waals surface area (Å²) in [4.78, 5) is 17.2. The van der Waals surface area contributed by atoms with E-state index in [1.165, 1.54) is 25.7 Å². The molecule has 0 aromatic heterocycles. The molecule has 5 nitrogen and oxygen atoms in total. The van der Waals surface area contributed by atoms with Crippen molar-refractivity contribution in [3.8, 4) is 0 Å². The lowest BCUT2D eigenvalue weighted by Gasteiger charge is -2.37. The van der Waals surface area contributed by atoms with Gasteiger partial charge in [-0.3, -0.25) is 9.69 Å². The number of hydrogen-bond acceptors (Lipinski definition) is 4. The third kappa shape index (κ3) is 3.96. The molecule has 120 valence electrons. The van der Waals surface area contributed by atoms with Crippen molar-refractivity contribution in [1.82, 2.24) is 15.1 Å². The van der Waals surface area contributed by atoms with Crippen LogP contribution in [0.3, 0.4) is 0 Å². The molecule has 0 aromatic carbocycles. The lowest BCUT2D eigenvalue weighted by molar-refractivity contribution is -0.141. The van der Waals surface area contributed by atoms with E-state index in [-0.39, 0.29) is 6.04 Å². The van der Waals surface area contributed by atoms with Crippen LogP contribution >= 0.6 is 0 Å². The molecule has 0 bridgehead atoms. The quantitative estimate of drug-likeness (QED) is 0.811. The first kappa shape index (κ1) is 15.3. The van der Waals surface area contributed by atoms with E-state index in [1.807, 2.05) is 4.90 Å². The first-order chi connectivity index (χ1) is 10.3. The molecule has 1 N–H and O–H groups in total. The van der Waals surface area contributed by atoms with Gasteiger partial charge in [0.25, 0.3) is 0 Å². The molecule has 1 unspecified atom stereocenters. The molecule has 1 atom stereocenters. The van der Waals surface area contributed by atoms with E-state index >= 15 is 0 Å². The lowest BCUT2D eigenvalue weighted by atomic mass is 9.96. The Hall–Kier alpha value is -0.650. The topological polar surface area (TPSA) is 44.8 Å².